The molecule has 1 N–H and O–H groups in total. The van der Waals surface area contributed by atoms with Gasteiger partial charge in [0.2, 0.25) is 0 Å². The summed E-state index contributed by atoms with van der Waals surface area (Å²) in [5.74, 6) is 0.640. The molecule has 0 aromatic rings. The van der Waals surface area contributed by atoms with Crippen LogP contribution in [0, 0.1) is 28.1 Å². The highest BCUT2D eigenvalue weighted by molar-refractivity contribution is 5.89. The highest BCUT2D eigenvalue weighted by atomic mass is 16.3. The predicted octanol–water partition coefficient (Wildman–Crippen LogP) is 4.52. The summed E-state index contributed by atoms with van der Waals surface area (Å²) in [5.41, 5.74) is -0.912. The fourth-order valence-electron chi connectivity index (χ4n) is 6.34. The molecule has 5 atom stereocenters. The van der Waals surface area contributed by atoms with Gasteiger partial charge < -0.3 is 5.11 Å². The van der Waals surface area contributed by atoms with E-state index in [2.05, 4.69) is 34.3 Å². The Morgan fingerprint density at radius 2 is 1.82 bits per heavy atom. The standard InChI is InChI=1S/C20H32O2/c1-6-18(4)11-8-14-19(5)10-7-9-17(2,3)15(19)12-16(21)20(14,22)13-18/h6,14-15,22H,1,7-13H2,2-5H3/t14-,15+,18+,19-,20+/m1/s1. The van der Waals surface area contributed by atoms with E-state index in [1.807, 2.05) is 6.08 Å². The summed E-state index contributed by atoms with van der Waals surface area (Å²) < 4.78 is 0. The number of aliphatic hydroxyl groups is 1. The van der Waals surface area contributed by atoms with Crippen molar-refractivity contribution in [2.24, 2.45) is 28.1 Å². The lowest BCUT2D eigenvalue weighted by Gasteiger charge is -2.63. The van der Waals surface area contributed by atoms with Crippen LogP contribution in [-0.4, -0.2) is 16.5 Å². The molecule has 3 aliphatic rings. The molecule has 0 amide bonds. The molecule has 3 rings (SSSR count). The molecule has 0 spiro atoms. The van der Waals surface area contributed by atoms with Crippen LogP contribution in [0.3, 0.4) is 0 Å². The van der Waals surface area contributed by atoms with Gasteiger partial charge in [0, 0.05) is 12.3 Å². The van der Waals surface area contributed by atoms with Gasteiger partial charge in [-0.15, -0.1) is 6.58 Å². The summed E-state index contributed by atoms with van der Waals surface area (Å²) in [4.78, 5) is 13.0. The molecule has 124 valence electrons. The number of allylic oxidation sites excluding steroid dienone is 1. The van der Waals surface area contributed by atoms with Crippen LogP contribution in [0.2, 0.25) is 0 Å². The van der Waals surface area contributed by atoms with Gasteiger partial charge in [-0.05, 0) is 54.3 Å². The average Bonchev–Trinajstić information content (AvgIpc) is 2.41. The van der Waals surface area contributed by atoms with Gasteiger partial charge in [0.15, 0.2) is 5.78 Å². The van der Waals surface area contributed by atoms with Gasteiger partial charge in [-0.3, -0.25) is 4.79 Å². The van der Waals surface area contributed by atoms with Crippen molar-refractivity contribution in [3.8, 4) is 0 Å². The van der Waals surface area contributed by atoms with Gasteiger partial charge in [-0.25, -0.2) is 0 Å². The summed E-state index contributed by atoms with van der Waals surface area (Å²) in [7, 11) is 0. The zero-order chi connectivity index (χ0) is 16.4. The van der Waals surface area contributed by atoms with Crippen LogP contribution in [0.1, 0.15) is 72.6 Å². The van der Waals surface area contributed by atoms with Crippen molar-refractivity contribution in [3.05, 3.63) is 12.7 Å². The van der Waals surface area contributed by atoms with Crippen molar-refractivity contribution in [3.63, 3.8) is 0 Å². The SMILES string of the molecule is C=C[C@@]1(C)CC[C@@H]2[C@@]3(C)CCCC(C)(C)[C@@H]3CC(=O)[C@]2(O)C1. The largest absolute Gasteiger partial charge is 0.382 e. The number of fused-ring (bicyclic) bond motifs is 3. The monoisotopic (exact) mass is 304 g/mol. The third-order valence-corrected chi connectivity index (χ3v) is 7.69. The first kappa shape index (κ1) is 16.2. The highest BCUT2D eigenvalue weighted by Gasteiger charge is 2.65. The second-order valence-electron chi connectivity index (χ2n) is 9.58. The maximum atomic E-state index is 13.0. The number of hydrogen-bond acceptors (Lipinski definition) is 2. The van der Waals surface area contributed by atoms with Crippen molar-refractivity contribution in [1.29, 1.82) is 0 Å². The van der Waals surface area contributed by atoms with Crippen LogP contribution in [0.5, 0.6) is 0 Å². The first-order valence-corrected chi connectivity index (χ1v) is 8.97. The zero-order valence-electron chi connectivity index (χ0n) is 14.7. The van der Waals surface area contributed by atoms with E-state index in [0.717, 1.165) is 19.3 Å². The van der Waals surface area contributed by atoms with E-state index < -0.39 is 5.60 Å². The number of hydrogen-bond donors (Lipinski definition) is 1. The zero-order valence-corrected chi connectivity index (χ0v) is 14.7. The maximum absolute atomic E-state index is 13.0. The number of carbonyl (C=O) groups is 1. The Kier molecular flexibility index (Phi) is 3.46. The van der Waals surface area contributed by atoms with Gasteiger partial charge in [0.25, 0.3) is 0 Å². The normalized spacial score (nSPS) is 50.9. The fraction of sp³-hybridized carbons (Fsp3) is 0.850. The molecule has 0 aliphatic heterocycles. The minimum Gasteiger partial charge on any atom is -0.382 e. The molecule has 0 heterocycles. The molecule has 2 heteroatoms. The molecule has 0 radical (unpaired) electrons. The van der Waals surface area contributed by atoms with E-state index in [9.17, 15) is 9.90 Å². The van der Waals surface area contributed by atoms with Gasteiger partial charge >= 0.3 is 0 Å². The summed E-state index contributed by atoms with van der Waals surface area (Å²) in [6.07, 6.45) is 8.65. The number of carbonyl (C=O) groups excluding carboxylic acids is 1. The smallest absolute Gasteiger partial charge is 0.164 e. The lowest BCUT2D eigenvalue weighted by atomic mass is 9.42. The Morgan fingerprint density at radius 1 is 1.14 bits per heavy atom. The summed E-state index contributed by atoms with van der Waals surface area (Å²) in [6, 6.07) is 0. The Balaban J connectivity index is 2.03. The molecule has 3 aliphatic carbocycles. The molecular formula is C20H32O2. The van der Waals surface area contributed by atoms with Gasteiger partial charge in [0.05, 0.1) is 0 Å². The second kappa shape index (κ2) is 4.69. The van der Waals surface area contributed by atoms with E-state index in [0.29, 0.717) is 18.8 Å². The first-order valence-electron chi connectivity index (χ1n) is 8.97. The molecule has 0 saturated heterocycles. The molecule has 0 unspecified atom stereocenters. The van der Waals surface area contributed by atoms with E-state index in [4.69, 9.17) is 0 Å². The molecule has 2 nitrogen and oxygen atoms in total. The molecule has 0 aromatic heterocycles. The van der Waals surface area contributed by atoms with E-state index in [1.54, 1.807) is 0 Å². The van der Waals surface area contributed by atoms with Gasteiger partial charge in [0.1, 0.15) is 5.60 Å². The fourth-order valence-corrected chi connectivity index (χ4v) is 6.34. The molecule has 3 saturated carbocycles. The quantitative estimate of drug-likeness (QED) is 0.723. The predicted molar refractivity (Wildman–Crippen MR) is 89.4 cm³/mol. The van der Waals surface area contributed by atoms with Gasteiger partial charge in [-0.2, -0.15) is 0 Å². The van der Waals surface area contributed by atoms with E-state index in [-0.39, 0.29) is 27.9 Å². The van der Waals surface area contributed by atoms with E-state index in [1.165, 1.54) is 12.8 Å². The molecular weight excluding hydrogens is 272 g/mol. The highest BCUT2D eigenvalue weighted by Crippen LogP contribution is 2.65. The van der Waals surface area contributed by atoms with Crippen molar-refractivity contribution in [1.82, 2.24) is 0 Å². The first-order chi connectivity index (χ1) is 10.1. The third kappa shape index (κ3) is 2.06. The lowest BCUT2D eigenvalue weighted by Crippen LogP contribution is -2.65. The van der Waals surface area contributed by atoms with Crippen LogP contribution < -0.4 is 0 Å². The van der Waals surface area contributed by atoms with Crippen LogP contribution in [0.25, 0.3) is 0 Å². The summed E-state index contributed by atoms with van der Waals surface area (Å²) in [5, 5.41) is 11.4. The number of Topliss-reactive ketones (excluding diaryl/α,β-unsaturated/α-hetero) is 1. The third-order valence-electron chi connectivity index (χ3n) is 7.69. The van der Waals surface area contributed by atoms with Crippen molar-refractivity contribution >= 4 is 5.78 Å². The molecule has 22 heavy (non-hydrogen) atoms. The summed E-state index contributed by atoms with van der Waals surface area (Å²) >= 11 is 0. The molecule has 0 aromatic carbocycles. The molecule has 0 bridgehead atoms. The van der Waals surface area contributed by atoms with Crippen molar-refractivity contribution in [2.75, 3.05) is 0 Å². The second-order valence-corrected chi connectivity index (χ2v) is 9.58. The minimum atomic E-state index is -1.13. The van der Waals surface area contributed by atoms with E-state index >= 15 is 0 Å². The maximum Gasteiger partial charge on any atom is 0.164 e. The van der Waals surface area contributed by atoms with Crippen LogP contribution >= 0.6 is 0 Å². The number of ketones is 1. The van der Waals surface area contributed by atoms with Crippen LogP contribution in [-0.2, 0) is 4.79 Å². The summed E-state index contributed by atoms with van der Waals surface area (Å²) in [6.45, 7) is 13.1. The van der Waals surface area contributed by atoms with Crippen LogP contribution in [0.15, 0.2) is 12.7 Å². The Labute approximate surface area is 135 Å². The number of rotatable bonds is 1. The van der Waals surface area contributed by atoms with Crippen LogP contribution in [0.4, 0.5) is 0 Å². The van der Waals surface area contributed by atoms with Gasteiger partial charge in [-0.1, -0.05) is 40.2 Å². The minimum absolute atomic E-state index is 0.0997. The molecule has 3 fully saturated rings. The topological polar surface area (TPSA) is 37.3 Å². The Hall–Kier alpha value is -0.630. The Bertz CT molecular complexity index is 508. The Morgan fingerprint density at radius 3 is 2.45 bits per heavy atom. The van der Waals surface area contributed by atoms with Crippen molar-refractivity contribution in [2.45, 2.75) is 78.2 Å². The average molecular weight is 304 g/mol. The van der Waals surface area contributed by atoms with Crippen molar-refractivity contribution < 1.29 is 9.90 Å². The lowest BCUT2D eigenvalue weighted by molar-refractivity contribution is -0.202.